The zero-order chi connectivity index (χ0) is 20.3. The highest BCUT2D eigenvalue weighted by Gasteiger charge is 2.27. The lowest BCUT2D eigenvalue weighted by Gasteiger charge is -2.29. The van der Waals surface area contributed by atoms with Crippen LogP contribution in [0.5, 0.6) is 0 Å². The Morgan fingerprint density at radius 2 is 1.89 bits per heavy atom. The van der Waals surface area contributed by atoms with Crippen molar-refractivity contribution in [1.82, 2.24) is 4.90 Å². The molecule has 0 saturated carbocycles. The topological polar surface area (TPSA) is 57.6 Å². The van der Waals surface area contributed by atoms with E-state index in [1.807, 2.05) is 6.07 Å². The third kappa shape index (κ3) is 4.69. The number of hydrogen-bond acceptors (Lipinski definition) is 2. The molecule has 0 aromatic heterocycles. The van der Waals surface area contributed by atoms with E-state index in [0.29, 0.717) is 45.6 Å². The predicted molar refractivity (Wildman–Crippen MR) is 113 cm³/mol. The maximum atomic E-state index is 12.6. The van der Waals surface area contributed by atoms with Gasteiger partial charge in [0.2, 0.25) is 5.91 Å². The zero-order valence-corrected chi connectivity index (χ0v) is 17.1. The number of carbonyl (C=O) groups excluding carboxylic acids is 1. The number of piperidine rings is 1. The zero-order valence-electron chi connectivity index (χ0n) is 14.9. The second-order valence-corrected chi connectivity index (χ2v) is 7.87. The summed E-state index contributed by atoms with van der Waals surface area (Å²) >= 11 is 18.7. The number of hydrogen-bond donors (Lipinski definition) is 1. The molecule has 2 aromatic carbocycles. The molecule has 3 rings (SSSR count). The maximum absolute atomic E-state index is 12.6. The van der Waals surface area contributed by atoms with E-state index in [1.54, 1.807) is 41.3 Å². The van der Waals surface area contributed by atoms with Crippen LogP contribution in [0.25, 0.3) is 17.2 Å². The SMILES string of the molecule is O=C(O)C1CCCN(C(=O)/C=C/c2cccc(Cl)c2-c2ccc(Cl)cc2Cl)C1. The average Bonchev–Trinajstić information content (AvgIpc) is 2.67. The van der Waals surface area contributed by atoms with E-state index in [4.69, 9.17) is 34.8 Å². The first-order valence-electron chi connectivity index (χ1n) is 8.80. The summed E-state index contributed by atoms with van der Waals surface area (Å²) < 4.78 is 0. The number of carboxylic acids is 1. The normalized spacial score (nSPS) is 17.1. The number of nitrogens with zero attached hydrogens (tertiary/aromatic N) is 1. The Balaban J connectivity index is 1.87. The van der Waals surface area contributed by atoms with E-state index < -0.39 is 11.9 Å². The van der Waals surface area contributed by atoms with Crippen LogP contribution in [-0.4, -0.2) is 35.0 Å². The monoisotopic (exact) mass is 437 g/mol. The fraction of sp³-hybridized carbons (Fsp3) is 0.238. The number of carbonyl (C=O) groups is 2. The average molecular weight is 439 g/mol. The Hall–Kier alpha value is -2.01. The second kappa shape index (κ2) is 8.99. The van der Waals surface area contributed by atoms with Crippen LogP contribution in [0.3, 0.4) is 0 Å². The molecule has 0 radical (unpaired) electrons. The molecule has 0 aliphatic carbocycles. The quantitative estimate of drug-likeness (QED) is 0.628. The van der Waals surface area contributed by atoms with Gasteiger partial charge < -0.3 is 10.0 Å². The Kier molecular flexibility index (Phi) is 6.65. The van der Waals surface area contributed by atoms with Gasteiger partial charge in [-0.2, -0.15) is 0 Å². The van der Waals surface area contributed by atoms with Crippen molar-refractivity contribution in [3.63, 3.8) is 0 Å². The molecule has 4 nitrogen and oxygen atoms in total. The van der Waals surface area contributed by atoms with Gasteiger partial charge in [-0.15, -0.1) is 0 Å². The fourth-order valence-corrected chi connectivity index (χ4v) is 4.09. The second-order valence-electron chi connectivity index (χ2n) is 6.62. The van der Waals surface area contributed by atoms with E-state index in [1.165, 1.54) is 6.08 Å². The largest absolute Gasteiger partial charge is 0.481 e. The van der Waals surface area contributed by atoms with Gasteiger partial charge in [-0.1, -0.05) is 53.0 Å². The van der Waals surface area contributed by atoms with Gasteiger partial charge in [-0.05, 0) is 42.7 Å². The number of amides is 1. The first-order chi connectivity index (χ1) is 13.4. The molecule has 1 aliphatic heterocycles. The Labute approximate surface area is 178 Å². The van der Waals surface area contributed by atoms with Crippen LogP contribution in [-0.2, 0) is 9.59 Å². The molecule has 1 amide bonds. The van der Waals surface area contributed by atoms with Gasteiger partial charge in [0.1, 0.15) is 0 Å². The molecule has 1 aliphatic rings. The molecule has 146 valence electrons. The van der Waals surface area contributed by atoms with E-state index in [0.717, 1.165) is 5.56 Å². The standard InChI is InChI=1S/C21H18Cl3NO3/c22-15-7-8-16(18(24)11-15)20-13(3-1-5-17(20)23)6-9-19(26)25-10-2-4-14(12-25)21(27)28/h1,3,5-9,11,14H,2,4,10,12H2,(H,27,28)/b9-6+. The van der Waals surface area contributed by atoms with Crippen LogP contribution < -0.4 is 0 Å². The number of benzene rings is 2. The molecular formula is C21H18Cl3NO3. The van der Waals surface area contributed by atoms with Gasteiger partial charge in [-0.25, -0.2) is 0 Å². The summed E-state index contributed by atoms with van der Waals surface area (Å²) in [5.74, 6) is -1.60. The van der Waals surface area contributed by atoms with E-state index >= 15 is 0 Å². The highest BCUT2D eigenvalue weighted by Crippen LogP contribution is 2.37. The minimum atomic E-state index is -0.865. The Bertz CT molecular complexity index is 942. The van der Waals surface area contributed by atoms with Gasteiger partial charge in [0, 0.05) is 45.4 Å². The van der Waals surface area contributed by atoms with Crippen molar-refractivity contribution in [2.24, 2.45) is 5.92 Å². The molecule has 7 heteroatoms. The summed E-state index contributed by atoms with van der Waals surface area (Å²) in [5.41, 5.74) is 2.15. The number of rotatable bonds is 4. The lowest BCUT2D eigenvalue weighted by atomic mass is 9.97. The minimum Gasteiger partial charge on any atom is -0.481 e. The van der Waals surface area contributed by atoms with Gasteiger partial charge in [0.05, 0.1) is 5.92 Å². The van der Waals surface area contributed by atoms with E-state index in [2.05, 4.69) is 0 Å². The van der Waals surface area contributed by atoms with Crippen molar-refractivity contribution in [3.05, 3.63) is 63.1 Å². The van der Waals surface area contributed by atoms with Crippen molar-refractivity contribution < 1.29 is 14.7 Å². The van der Waals surface area contributed by atoms with Crippen LogP contribution in [0.2, 0.25) is 15.1 Å². The molecule has 2 aromatic rings. The molecular weight excluding hydrogens is 421 g/mol. The highest BCUT2D eigenvalue weighted by molar-refractivity contribution is 6.38. The van der Waals surface area contributed by atoms with Gasteiger partial charge >= 0.3 is 5.97 Å². The number of halogens is 3. The van der Waals surface area contributed by atoms with Crippen LogP contribution in [0.4, 0.5) is 0 Å². The molecule has 1 saturated heterocycles. The molecule has 0 bridgehead atoms. The summed E-state index contributed by atoms with van der Waals surface area (Å²) in [5, 5.41) is 10.7. The van der Waals surface area contributed by atoms with Gasteiger partial charge in [-0.3, -0.25) is 9.59 Å². The van der Waals surface area contributed by atoms with Gasteiger partial charge in [0.15, 0.2) is 0 Å². The number of aliphatic carboxylic acids is 1. The first-order valence-corrected chi connectivity index (χ1v) is 9.94. The fourth-order valence-electron chi connectivity index (χ4n) is 3.30. The van der Waals surface area contributed by atoms with Gasteiger partial charge in [0.25, 0.3) is 0 Å². The predicted octanol–water partition coefficient (Wildman–Crippen LogP) is 5.65. The Morgan fingerprint density at radius 3 is 2.61 bits per heavy atom. The molecule has 1 unspecified atom stereocenters. The molecule has 1 heterocycles. The summed E-state index contributed by atoms with van der Waals surface area (Å²) in [6.07, 6.45) is 4.40. The third-order valence-corrected chi connectivity index (χ3v) is 5.60. The van der Waals surface area contributed by atoms with Crippen molar-refractivity contribution in [3.8, 4) is 11.1 Å². The molecule has 28 heavy (non-hydrogen) atoms. The molecule has 1 N–H and O–H groups in total. The summed E-state index contributed by atoms with van der Waals surface area (Å²) in [6, 6.07) is 10.5. The highest BCUT2D eigenvalue weighted by atomic mass is 35.5. The van der Waals surface area contributed by atoms with Crippen molar-refractivity contribution in [2.45, 2.75) is 12.8 Å². The van der Waals surface area contributed by atoms with Crippen LogP contribution in [0.15, 0.2) is 42.5 Å². The lowest BCUT2D eigenvalue weighted by molar-refractivity contribution is -0.144. The van der Waals surface area contributed by atoms with Crippen molar-refractivity contribution in [2.75, 3.05) is 13.1 Å². The first kappa shape index (κ1) is 20.7. The number of likely N-dealkylation sites (tertiary alicyclic amines) is 1. The molecule has 1 fully saturated rings. The van der Waals surface area contributed by atoms with E-state index in [-0.39, 0.29) is 12.5 Å². The smallest absolute Gasteiger partial charge is 0.308 e. The summed E-state index contributed by atoms with van der Waals surface area (Å²) in [7, 11) is 0. The Morgan fingerprint density at radius 1 is 1.11 bits per heavy atom. The summed E-state index contributed by atoms with van der Waals surface area (Å²) in [4.78, 5) is 25.3. The summed E-state index contributed by atoms with van der Waals surface area (Å²) in [6.45, 7) is 0.780. The minimum absolute atomic E-state index is 0.223. The van der Waals surface area contributed by atoms with Crippen LogP contribution in [0, 0.1) is 5.92 Å². The lowest BCUT2D eigenvalue weighted by Crippen LogP contribution is -2.41. The van der Waals surface area contributed by atoms with Crippen molar-refractivity contribution >= 4 is 52.8 Å². The van der Waals surface area contributed by atoms with Crippen molar-refractivity contribution in [1.29, 1.82) is 0 Å². The van der Waals surface area contributed by atoms with Crippen LogP contribution >= 0.6 is 34.8 Å². The number of carboxylic acid groups (broad SMARTS) is 1. The molecule has 0 spiro atoms. The third-order valence-electron chi connectivity index (χ3n) is 4.73. The van der Waals surface area contributed by atoms with E-state index in [9.17, 15) is 14.7 Å². The maximum Gasteiger partial charge on any atom is 0.308 e. The van der Waals surface area contributed by atoms with Crippen LogP contribution in [0.1, 0.15) is 18.4 Å². The molecule has 1 atom stereocenters.